The fourth-order valence-corrected chi connectivity index (χ4v) is 6.66. The normalized spacial score (nSPS) is 30.6. The van der Waals surface area contributed by atoms with Crippen LogP contribution < -0.4 is 4.52 Å². The number of nitrogens with zero attached hydrogens (tertiary/aromatic N) is 2. The van der Waals surface area contributed by atoms with E-state index in [4.69, 9.17) is 4.52 Å². The Morgan fingerprint density at radius 3 is 1.91 bits per heavy atom. The fourth-order valence-electron chi connectivity index (χ4n) is 2.76. The fraction of sp³-hybridized carbons (Fsp3) is 0.538. The van der Waals surface area contributed by atoms with Crippen LogP contribution in [0.4, 0.5) is 17.6 Å². The zero-order chi connectivity index (χ0) is 17.0. The van der Waals surface area contributed by atoms with Gasteiger partial charge < -0.3 is 0 Å². The van der Waals surface area contributed by atoms with Crippen molar-refractivity contribution in [1.29, 1.82) is 0 Å². The van der Waals surface area contributed by atoms with Gasteiger partial charge in [-0.3, -0.25) is 0 Å². The molecule has 2 heterocycles. The molecular formula is C13H17F4N2O3P. The first-order valence-electron chi connectivity index (χ1n) is 7.00. The van der Waals surface area contributed by atoms with Crippen LogP contribution >= 0.6 is 7.59 Å². The predicted octanol–water partition coefficient (Wildman–Crippen LogP) is 3.69. The van der Waals surface area contributed by atoms with Gasteiger partial charge in [0.05, 0.1) is 0 Å². The maximum absolute atomic E-state index is 13.8. The average molecular weight is 356 g/mol. The van der Waals surface area contributed by atoms with Crippen LogP contribution in [0.3, 0.4) is 0 Å². The van der Waals surface area contributed by atoms with Gasteiger partial charge in [0.1, 0.15) is 0 Å². The quantitative estimate of drug-likeness (QED) is 0.596. The molecule has 130 valence electrons. The van der Waals surface area contributed by atoms with Crippen LogP contribution in [-0.2, 0) is 9.05 Å². The van der Waals surface area contributed by atoms with E-state index in [0.29, 0.717) is 6.42 Å². The molecule has 2 aliphatic heterocycles. The van der Waals surface area contributed by atoms with Gasteiger partial charge >= 0.3 is 130 Å². The Bertz CT molecular complexity index is 574. The first-order chi connectivity index (χ1) is 10.6. The van der Waals surface area contributed by atoms with Crippen molar-refractivity contribution in [3.05, 3.63) is 30.3 Å². The van der Waals surface area contributed by atoms with Gasteiger partial charge in [-0.05, 0) is 0 Å². The standard InChI is InChI=1S/C13H17F4N2O3P/c1-18-9-6-10-19(2)23(18,20-11-7-4-3-5-8-11)21-12(14,15)13(16,17)22-23/h3-5,7-8H,6,9-10H2,1-2H3. The summed E-state index contributed by atoms with van der Waals surface area (Å²) in [5, 5.41) is 0. The predicted molar refractivity (Wildman–Crippen MR) is 75.9 cm³/mol. The van der Waals surface area contributed by atoms with Gasteiger partial charge in [-0.2, -0.15) is 0 Å². The number of rotatable bonds is 2. The molecule has 2 saturated heterocycles. The maximum atomic E-state index is 13.8. The van der Waals surface area contributed by atoms with Gasteiger partial charge in [0.15, 0.2) is 0 Å². The van der Waals surface area contributed by atoms with E-state index in [1.807, 2.05) is 0 Å². The van der Waals surface area contributed by atoms with Crippen molar-refractivity contribution in [2.45, 2.75) is 18.6 Å². The van der Waals surface area contributed by atoms with E-state index in [0.717, 1.165) is 0 Å². The first-order valence-corrected chi connectivity index (χ1v) is 8.90. The van der Waals surface area contributed by atoms with E-state index in [1.165, 1.54) is 35.6 Å². The molecule has 0 N–H and O–H groups in total. The van der Waals surface area contributed by atoms with Crippen LogP contribution in [0.5, 0.6) is 5.75 Å². The molecule has 0 atom stereocenters. The molecule has 1 aromatic carbocycles. The van der Waals surface area contributed by atoms with Gasteiger partial charge in [0.25, 0.3) is 0 Å². The van der Waals surface area contributed by atoms with Crippen molar-refractivity contribution in [3.63, 3.8) is 0 Å². The Labute approximate surface area is 131 Å². The Kier molecular flexibility index (Phi) is 3.67. The second kappa shape index (κ2) is 5.00. The van der Waals surface area contributed by atoms with Crippen LogP contribution in [0.1, 0.15) is 6.42 Å². The van der Waals surface area contributed by atoms with E-state index in [-0.39, 0.29) is 18.8 Å². The Morgan fingerprint density at radius 2 is 1.43 bits per heavy atom. The average Bonchev–Trinajstić information content (AvgIpc) is 2.62. The van der Waals surface area contributed by atoms with Crippen molar-refractivity contribution >= 4 is 7.59 Å². The van der Waals surface area contributed by atoms with Crippen LogP contribution in [0, 0.1) is 0 Å². The summed E-state index contributed by atoms with van der Waals surface area (Å²) in [7, 11) is -2.36. The van der Waals surface area contributed by atoms with Gasteiger partial charge in [-0.15, -0.1) is 0 Å². The van der Waals surface area contributed by atoms with Gasteiger partial charge in [0.2, 0.25) is 0 Å². The number of para-hydroxylation sites is 1. The molecule has 3 rings (SSSR count). The minimum absolute atomic E-state index is 0.110. The summed E-state index contributed by atoms with van der Waals surface area (Å²) in [5.41, 5.74) is 0. The molecule has 0 radical (unpaired) electrons. The number of benzene rings is 1. The molecule has 0 aliphatic carbocycles. The van der Waals surface area contributed by atoms with E-state index in [2.05, 4.69) is 9.05 Å². The summed E-state index contributed by atoms with van der Waals surface area (Å²) in [5.74, 6) is 0.110. The van der Waals surface area contributed by atoms with E-state index < -0.39 is 19.8 Å². The zero-order valence-corrected chi connectivity index (χ0v) is 13.5. The molecule has 1 aromatic rings. The third-order valence-electron chi connectivity index (χ3n) is 3.99. The van der Waals surface area contributed by atoms with E-state index in [1.54, 1.807) is 18.2 Å². The molecule has 2 fully saturated rings. The minimum atomic E-state index is -5.12. The zero-order valence-electron chi connectivity index (χ0n) is 12.6. The summed E-state index contributed by atoms with van der Waals surface area (Å²) in [4.78, 5) is 0. The second-order valence-electron chi connectivity index (χ2n) is 5.54. The molecule has 0 amide bonds. The Morgan fingerprint density at radius 1 is 0.957 bits per heavy atom. The molecule has 0 unspecified atom stereocenters. The van der Waals surface area contributed by atoms with Crippen LogP contribution in [0.15, 0.2) is 30.3 Å². The molecule has 0 bridgehead atoms. The molecule has 0 saturated carbocycles. The molecule has 0 aromatic heterocycles. The molecular weight excluding hydrogens is 339 g/mol. The third kappa shape index (κ3) is 2.26. The van der Waals surface area contributed by atoms with Gasteiger partial charge in [-0.1, -0.05) is 0 Å². The first kappa shape index (κ1) is 16.9. The molecule has 10 heteroatoms. The van der Waals surface area contributed by atoms with E-state index in [9.17, 15) is 17.6 Å². The van der Waals surface area contributed by atoms with Crippen LogP contribution in [0.25, 0.3) is 0 Å². The van der Waals surface area contributed by atoms with Crippen LogP contribution in [-0.4, -0.2) is 48.7 Å². The van der Waals surface area contributed by atoms with E-state index >= 15 is 0 Å². The number of hydrogen-bond acceptors (Lipinski definition) is 5. The topological polar surface area (TPSA) is 34.2 Å². The van der Waals surface area contributed by atoms with Crippen molar-refractivity contribution in [3.8, 4) is 5.75 Å². The second-order valence-corrected chi connectivity index (χ2v) is 9.06. The Balaban J connectivity index is 2.15. The monoisotopic (exact) mass is 356 g/mol. The third-order valence-corrected chi connectivity index (χ3v) is 8.28. The number of hydrogen-bond donors (Lipinski definition) is 0. The number of alkyl halides is 4. The van der Waals surface area contributed by atoms with Crippen molar-refractivity contribution in [2.24, 2.45) is 0 Å². The number of halogens is 4. The van der Waals surface area contributed by atoms with Gasteiger partial charge in [-0.25, -0.2) is 0 Å². The molecule has 2 aliphatic rings. The van der Waals surface area contributed by atoms with Gasteiger partial charge in [0, 0.05) is 0 Å². The van der Waals surface area contributed by atoms with Crippen molar-refractivity contribution in [1.82, 2.24) is 9.34 Å². The summed E-state index contributed by atoms with van der Waals surface area (Å²) >= 11 is 0. The Hall–Kier alpha value is -0.990. The summed E-state index contributed by atoms with van der Waals surface area (Å²) in [6, 6.07) is 7.82. The van der Waals surface area contributed by atoms with Crippen LogP contribution in [0.2, 0.25) is 0 Å². The molecule has 1 spiro atoms. The molecule has 23 heavy (non-hydrogen) atoms. The summed E-state index contributed by atoms with van der Waals surface area (Å²) < 4.78 is 72.8. The van der Waals surface area contributed by atoms with Crippen molar-refractivity contribution < 1.29 is 31.1 Å². The summed E-state index contributed by atoms with van der Waals surface area (Å²) in [6.45, 7) is 0.447. The molecule has 5 nitrogen and oxygen atoms in total. The summed E-state index contributed by atoms with van der Waals surface area (Å²) in [6.07, 6.45) is -9.01. The SMILES string of the molecule is CN1CCCN(C)P12(Oc1ccccc1)OC(F)(F)C(F)(F)O2. The van der Waals surface area contributed by atoms with Crippen molar-refractivity contribution in [2.75, 3.05) is 27.2 Å².